The standard InChI is InChI=1S/C13H17F2NO4/c1-7(17)6-16-11(5-12(18)19)13(20)8-2-3-9(14)10(15)4-8/h2-4,7,11,13,16-17,20H,5-6H2,1H3,(H,18,19). The van der Waals surface area contributed by atoms with Crippen molar-refractivity contribution in [2.45, 2.75) is 31.6 Å². The fourth-order valence-corrected chi connectivity index (χ4v) is 1.73. The van der Waals surface area contributed by atoms with Crippen molar-refractivity contribution in [1.29, 1.82) is 0 Å². The molecule has 0 fully saturated rings. The first-order valence-electron chi connectivity index (χ1n) is 6.07. The maximum atomic E-state index is 13.1. The molecule has 0 heterocycles. The van der Waals surface area contributed by atoms with Gasteiger partial charge < -0.3 is 20.6 Å². The van der Waals surface area contributed by atoms with Crippen molar-refractivity contribution in [3.63, 3.8) is 0 Å². The van der Waals surface area contributed by atoms with Gasteiger partial charge in [0.05, 0.1) is 18.6 Å². The van der Waals surface area contributed by atoms with Gasteiger partial charge in [-0.15, -0.1) is 0 Å². The van der Waals surface area contributed by atoms with Crippen LogP contribution in [0.1, 0.15) is 25.0 Å². The quantitative estimate of drug-likeness (QED) is 0.596. The van der Waals surface area contributed by atoms with Crippen molar-refractivity contribution in [2.24, 2.45) is 0 Å². The summed E-state index contributed by atoms with van der Waals surface area (Å²) >= 11 is 0. The van der Waals surface area contributed by atoms with E-state index in [1.165, 1.54) is 13.0 Å². The fraction of sp³-hybridized carbons (Fsp3) is 0.462. The first-order valence-corrected chi connectivity index (χ1v) is 6.07. The van der Waals surface area contributed by atoms with Crippen LogP contribution in [0.2, 0.25) is 0 Å². The van der Waals surface area contributed by atoms with Gasteiger partial charge in [0.2, 0.25) is 0 Å². The van der Waals surface area contributed by atoms with E-state index in [9.17, 15) is 18.7 Å². The molecule has 0 bridgehead atoms. The summed E-state index contributed by atoms with van der Waals surface area (Å²) in [5.41, 5.74) is 0.0632. The molecule has 0 aliphatic rings. The second-order valence-electron chi connectivity index (χ2n) is 4.58. The predicted octanol–water partition coefficient (Wildman–Crippen LogP) is 0.812. The van der Waals surface area contributed by atoms with Crippen molar-refractivity contribution in [2.75, 3.05) is 6.54 Å². The SMILES string of the molecule is CC(O)CNC(CC(=O)O)C(O)c1ccc(F)c(F)c1. The van der Waals surface area contributed by atoms with Crippen molar-refractivity contribution in [3.05, 3.63) is 35.4 Å². The molecule has 0 aromatic heterocycles. The fourth-order valence-electron chi connectivity index (χ4n) is 1.73. The molecule has 5 nitrogen and oxygen atoms in total. The minimum atomic E-state index is -1.33. The highest BCUT2D eigenvalue weighted by Crippen LogP contribution is 2.21. The third-order valence-electron chi connectivity index (χ3n) is 2.74. The zero-order chi connectivity index (χ0) is 15.3. The number of benzene rings is 1. The van der Waals surface area contributed by atoms with E-state index in [2.05, 4.69) is 5.32 Å². The Bertz CT molecular complexity index is 468. The Hall–Kier alpha value is -1.57. The van der Waals surface area contributed by atoms with Crippen LogP contribution in [-0.4, -0.2) is 40.0 Å². The van der Waals surface area contributed by atoms with Crippen LogP contribution in [0.5, 0.6) is 0 Å². The lowest BCUT2D eigenvalue weighted by Crippen LogP contribution is -2.40. The van der Waals surface area contributed by atoms with Crippen LogP contribution in [0, 0.1) is 11.6 Å². The third-order valence-corrected chi connectivity index (χ3v) is 2.74. The number of carbonyl (C=O) groups is 1. The van der Waals surface area contributed by atoms with Crippen LogP contribution in [0.3, 0.4) is 0 Å². The molecular formula is C13H17F2NO4. The number of carboxylic acids is 1. The molecule has 0 radical (unpaired) electrons. The molecule has 0 saturated heterocycles. The number of halogens is 2. The van der Waals surface area contributed by atoms with Crippen molar-refractivity contribution in [1.82, 2.24) is 5.32 Å². The minimum absolute atomic E-state index is 0.0632. The van der Waals surface area contributed by atoms with Gasteiger partial charge in [0, 0.05) is 12.6 Å². The summed E-state index contributed by atoms with van der Waals surface area (Å²) in [6, 6.07) is 1.94. The molecule has 0 aliphatic carbocycles. The lowest BCUT2D eigenvalue weighted by Gasteiger charge is -2.24. The summed E-state index contributed by atoms with van der Waals surface area (Å²) in [6.07, 6.45) is -2.49. The van der Waals surface area contributed by atoms with Crippen LogP contribution in [0.25, 0.3) is 0 Å². The van der Waals surface area contributed by atoms with Gasteiger partial charge in [-0.25, -0.2) is 8.78 Å². The van der Waals surface area contributed by atoms with Gasteiger partial charge >= 0.3 is 5.97 Å². The molecule has 7 heteroatoms. The summed E-state index contributed by atoms with van der Waals surface area (Å²) in [7, 11) is 0. The van der Waals surface area contributed by atoms with E-state index in [1.54, 1.807) is 0 Å². The van der Waals surface area contributed by atoms with Gasteiger partial charge in [0.1, 0.15) is 0 Å². The number of aliphatic hydroxyl groups excluding tert-OH is 2. The second-order valence-corrected chi connectivity index (χ2v) is 4.58. The molecular weight excluding hydrogens is 272 g/mol. The lowest BCUT2D eigenvalue weighted by atomic mass is 9.99. The maximum Gasteiger partial charge on any atom is 0.305 e. The van der Waals surface area contributed by atoms with Gasteiger partial charge in [-0.05, 0) is 24.6 Å². The molecule has 3 unspecified atom stereocenters. The summed E-state index contributed by atoms with van der Waals surface area (Å²) in [6.45, 7) is 1.56. The molecule has 1 aromatic carbocycles. The number of aliphatic hydroxyl groups is 2. The second kappa shape index (κ2) is 7.28. The number of hydrogen-bond donors (Lipinski definition) is 4. The molecule has 0 saturated carbocycles. The molecule has 0 aliphatic heterocycles. The highest BCUT2D eigenvalue weighted by molar-refractivity contribution is 5.67. The van der Waals surface area contributed by atoms with Gasteiger partial charge in [-0.3, -0.25) is 4.79 Å². The van der Waals surface area contributed by atoms with E-state index in [0.717, 1.165) is 12.1 Å². The van der Waals surface area contributed by atoms with Crippen LogP contribution in [-0.2, 0) is 4.79 Å². The topological polar surface area (TPSA) is 89.8 Å². The Labute approximate surface area is 114 Å². The zero-order valence-electron chi connectivity index (χ0n) is 10.9. The Morgan fingerprint density at radius 2 is 1.95 bits per heavy atom. The monoisotopic (exact) mass is 289 g/mol. The minimum Gasteiger partial charge on any atom is -0.481 e. The average molecular weight is 289 g/mol. The molecule has 112 valence electrons. The maximum absolute atomic E-state index is 13.1. The van der Waals surface area contributed by atoms with Gasteiger partial charge in [0.15, 0.2) is 11.6 Å². The van der Waals surface area contributed by atoms with Crippen molar-refractivity contribution < 1.29 is 28.9 Å². The Morgan fingerprint density at radius 1 is 1.30 bits per heavy atom. The van der Waals surface area contributed by atoms with E-state index in [4.69, 9.17) is 10.2 Å². The largest absolute Gasteiger partial charge is 0.481 e. The summed E-state index contributed by atoms with van der Waals surface area (Å²) < 4.78 is 25.9. The van der Waals surface area contributed by atoms with Crippen LogP contribution in [0.15, 0.2) is 18.2 Å². The lowest BCUT2D eigenvalue weighted by molar-refractivity contribution is -0.138. The number of hydrogen-bond acceptors (Lipinski definition) is 4. The number of nitrogens with one attached hydrogen (secondary N) is 1. The van der Waals surface area contributed by atoms with Gasteiger partial charge in [0.25, 0.3) is 0 Å². The van der Waals surface area contributed by atoms with Gasteiger partial charge in [-0.2, -0.15) is 0 Å². The third kappa shape index (κ3) is 4.84. The van der Waals surface area contributed by atoms with E-state index in [-0.39, 0.29) is 12.1 Å². The van der Waals surface area contributed by atoms with Crippen LogP contribution >= 0.6 is 0 Å². The van der Waals surface area contributed by atoms with E-state index >= 15 is 0 Å². The van der Waals surface area contributed by atoms with Crippen LogP contribution < -0.4 is 5.32 Å². The molecule has 20 heavy (non-hydrogen) atoms. The molecule has 0 amide bonds. The normalized spacial score (nSPS) is 15.7. The first-order chi connectivity index (χ1) is 9.31. The predicted molar refractivity (Wildman–Crippen MR) is 67.0 cm³/mol. The van der Waals surface area contributed by atoms with Crippen LogP contribution in [0.4, 0.5) is 8.78 Å². The number of rotatable bonds is 7. The molecule has 3 atom stereocenters. The molecule has 1 aromatic rings. The summed E-state index contributed by atoms with van der Waals surface area (Å²) in [4.78, 5) is 10.8. The van der Waals surface area contributed by atoms with E-state index in [1.807, 2.05) is 0 Å². The average Bonchev–Trinajstić information content (AvgIpc) is 2.36. The molecule has 0 spiro atoms. The Kier molecular flexibility index (Phi) is 6.00. The Balaban J connectivity index is 2.87. The van der Waals surface area contributed by atoms with Gasteiger partial charge in [-0.1, -0.05) is 6.07 Å². The van der Waals surface area contributed by atoms with E-state index in [0.29, 0.717) is 0 Å². The highest BCUT2D eigenvalue weighted by Gasteiger charge is 2.24. The summed E-state index contributed by atoms with van der Waals surface area (Å²) in [5.74, 6) is -3.33. The first kappa shape index (κ1) is 16.5. The number of aliphatic carboxylic acids is 1. The Morgan fingerprint density at radius 3 is 2.45 bits per heavy atom. The zero-order valence-corrected chi connectivity index (χ0v) is 10.9. The highest BCUT2D eigenvalue weighted by atomic mass is 19.2. The smallest absolute Gasteiger partial charge is 0.305 e. The molecule has 1 rings (SSSR count). The van der Waals surface area contributed by atoms with Crippen molar-refractivity contribution >= 4 is 5.97 Å². The number of carboxylic acid groups (broad SMARTS) is 1. The van der Waals surface area contributed by atoms with E-state index < -0.39 is 42.3 Å². The molecule has 4 N–H and O–H groups in total. The summed E-state index contributed by atoms with van der Waals surface area (Å²) in [5, 5.41) is 30.7. The van der Waals surface area contributed by atoms with Crippen molar-refractivity contribution in [3.8, 4) is 0 Å².